The van der Waals surface area contributed by atoms with Crippen LogP contribution in [-0.4, -0.2) is 35.7 Å². The second-order valence-corrected chi connectivity index (χ2v) is 4.27. The Morgan fingerprint density at radius 2 is 2.10 bits per heavy atom. The van der Waals surface area contributed by atoms with Crippen molar-refractivity contribution in [2.75, 3.05) is 13.7 Å². The number of methoxy groups -OCH3 is 1. The van der Waals surface area contributed by atoms with Crippen LogP contribution < -0.4 is 15.5 Å². The lowest BCUT2D eigenvalue weighted by atomic mass is 10.2. The molecule has 0 aliphatic heterocycles. The molecule has 0 unspecified atom stereocenters. The molecule has 2 amide bonds. The maximum absolute atomic E-state index is 11.9. The highest BCUT2D eigenvalue weighted by atomic mass is 16.5. The van der Waals surface area contributed by atoms with Crippen molar-refractivity contribution >= 4 is 22.7 Å². The Hall–Kier alpha value is -2.67. The smallest absolute Gasteiger partial charge is 0.269 e. The number of ether oxygens (including phenoxy) is 1. The van der Waals surface area contributed by atoms with Gasteiger partial charge in [0.25, 0.3) is 5.91 Å². The number of hydrogen-bond acceptors (Lipinski definition) is 5. The number of nitrogens with one attached hydrogen (secondary N) is 2. The molecule has 1 aromatic carbocycles. The van der Waals surface area contributed by atoms with Gasteiger partial charge in [-0.2, -0.15) is 0 Å². The fourth-order valence-electron chi connectivity index (χ4n) is 1.85. The van der Waals surface area contributed by atoms with Gasteiger partial charge >= 0.3 is 0 Å². The quantitative estimate of drug-likeness (QED) is 0.560. The first-order chi connectivity index (χ1) is 10.2. The van der Waals surface area contributed by atoms with Crippen LogP contribution in [-0.2, 0) is 4.79 Å². The second-order valence-electron chi connectivity index (χ2n) is 4.27. The van der Waals surface area contributed by atoms with Crippen LogP contribution in [0.2, 0.25) is 0 Å². The molecule has 0 saturated carbocycles. The van der Waals surface area contributed by atoms with Crippen LogP contribution in [0.1, 0.15) is 16.9 Å². The molecule has 0 atom stereocenters. The summed E-state index contributed by atoms with van der Waals surface area (Å²) < 4.78 is 5.21. The third-order valence-corrected chi connectivity index (χ3v) is 2.90. The van der Waals surface area contributed by atoms with Gasteiger partial charge in [-0.25, -0.2) is 10.5 Å². The first kappa shape index (κ1) is 14.7. The van der Waals surface area contributed by atoms with Crippen molar-refractivity contribution in [3.63, 3.8) is 0 Å². The van der Waals surface area contributed by atoms with E-state index in [9.17, 15) is 9.59 Å². The van der Waals surface area contributed by atoms with Gasteiger partial charge in [0.05, 0.1) is 7.11 Å². The highest BCUT2D eigenvalue weighted by Crippen LogP contribution is 2.23. The van der Waals surface area contributed by atoms with Gasteiger partial charge in [0.2, 0.25) is 5.91 Å². The molecule has 1 heterocycles. The van der Waals surface area contributed by atoms with E-state index in [4.69, 9.17) is 9.94 Å². The molecule has 0 aliphatic rings. The number of rotatable bonds is 5. The SMILES string of the molecule is COc1cccc2ccc(C(=O)NCCC(=O)NO)nc12. The molecule has 2 aromatic rings. The minimum absolute atomic E-state index is 0.0147. The van der Waals surface area contributed by atoms with Crippen LogP contribution in [0.5, 0.6) is 5.75 Å². The molecule has 0 aliphatic carbocycles. The monoisotopic (exact) mass is 289 g/mol. The van der Waals surface area contributed by atoms with Crippen LogP contribution in [0.25, 0.3) is 10.9 Å². The van der Waals surface area contributed by atoms with E-state index in [1.165, 1.54) is 12.6 Å². The van der Waals surface area contributed by atoms with Gasteiger partial charge in [-0.3, -0.25) is 14.8 Å². The summed E-state index contributed by atoms with van der Waals surface area (Å²) in [5.41, 5.74) is 2.33. The molecule has 7 nitrogen and oxygen atoms in total. The molecular formula is C14H15N3O4. The summed E-state index contributed by atoms with van der Waals surface area (Å²) >= 11 is 0. The minimum atomic E-state index is -0.566. The molecule has 110 valence electrons. The van der Waals surface area contributed by atoms with E-state index >= 15 is 0 Å². The maximum Gasteiger partial charge on any atom is 0.269 e. The summed E-state index contributed by atoms with van der Waals surface area (Å²) in [4.78, 5) is 27.1. The lowest BCUT2D eigenvalue weighted by molar-refractivity contribution is -0.129. The summed E-state index contributed by atoms with van der Waals surface area (Å²) in [5.74, 6) is -0.376. The third-order valence-electron chi connectivity index (χ3n) is 2.90. The molecule has 3 N–H and O–H groups in total. The van der Waals surface area contributed by atoms with Crippen molar-refractivity contribution in [1.29, 1.82) is 0 Å². The summed E-state index contributed by atoms with van der Waals surface area (Å²) in [5, 5.41) is 11.8. The molecule has 2 rings (SSSR count). The summed E-state index contributed by atoms with van der Waals surface area (Å²) in [6.07, 6.45) is -0.0147. The second kappa shape index (κ2) is 6.67. The van der Waals surface area contributed by atoms with Gasteiger partial charge in [-0.05, 0) is 12.1 Å². The van der Waals surface area contributed by atoms with Gasteiger partial charge in [-0.1, -0.05) is 18.2 Å². The largest absolute Gasteiger partial charge is 0.494 e. The van der Waals surface area contributed by atoms with E-state index in [-0.39, 0.29) is 18.7 Å². The number of para-hydroxylation sites is 1. The van der Waals surface area contributed by atoms with Crippen LogP contribution in [0, 0.1) is 0 Å². The summed E-state index contributed by atoms with van der Waals surface area (Å²) in [6, 6.07) is 8.86. The summed E-state index contributed by atoms with van der Waals surface area (Å²) in [7, 11) is 1.54. The van der Waals surface area contributed by atoms with Crippen LogP contribution in [0.4, 0.5) is 0 Å². The van der Waals surface area contributed by atoms with Gasteiger partial charge < -0.3 is 10.1 Å². The number of amides is 2. The van der Waals surface area contributed by atoms with Crippen LogP contribution >= 0.6 is 0 Å². The average molecular weight is 289 g/mol. The molecule has 7 heteroatoms. The number of pyridine rings is 1. The zero-order valence-corrected chi connectivity index (χ0v) is 11.4. The van der Waals surface area contributed by atoms with Gasteiger partial charge in [-0.15, -0.1) is 0 Å². The average Bonchev–Trinajstić information content (AvgIpc) is 2.53. The Balaban J connectivity index is 2.14. The molecule has 0 saturated heterocycles. The van der Waals surface area contributed by atoms with Crippen molar-refractivity contribution in [1.82, 2.24) is 15.8 Å². The normalized spacial score (nSPS) is 10.2. The zero-order chi connectivity index (χ0) is 15.2. The van der Waals surface area contributed by atoms with Crippen molar-refractivity contribution < 1.29 is 19.5 Å². The Bertz CT molecular complexity index is 672. The molecule has 0 bridgehead atoms. The Labute approximate surface area is 120 Å². The number of carbonyl (C=O) groups excluding carboxylic acids is 2. The number of benzene rings is 1. The van der Waals surface area contributed by atoms with E-state index in [1.54, 1.807) is 18.2 Å². The highest BCUT2D eigenvalue weighted by molar-refractivity contribution is 5.96. The lowest BCUT2D eigenvalue weighted by Gasteiger charge is -2.07. The molecule has 0 spiro atoms. The molecular weight excluding hydrogens is 274 g/mol. The fourth-order valence-corrected chi connectivity index (χ4v) is 1.85. The molecule has 0 radical (unpaired) electrons. The van der Waals surface area contributed by atoms with E-state index in [0.717, 1.165) is 5.39 Å². The van der Waals surface area contributed by atoms with E-state index in [2.05, 4.69) is 10.3 Å². The number of aromatic nitrogens is 1. The van der Waals surface area contributed by atoms with Crippen molar-refractivity contribution in [2.45, 2.75) is 6.42 Å². The fraction of sp³-hybridized carbons (Fsp3) is 0.214. The minimum Gasteiger partial charge on any atom is -0.494 e. The standard InChI is InChI=1S/C14H15N3O4/c1-21-11-4-2-3-9-5-6-10(16-13(9)11)14(19)15-8-7-12(18)17-20/h2-6,20H,7-8H2,1H3,(H,15,19)(H,17,18). The Morgan fingerprint density at radius 1 is 1.29 bits per heavy atom. The van der Waals surface area contributed by atoms with Crippen molar-refractivity contribution in [3.05, 3.63) is 36.0 Å². The topological polar surface area (TPSA) is 101 Å². The number of carbonyl (C=O) groups is 2. The van der Waals surface area contributed by atoms with Crippen molar-refractivity contribution in [3.8, 4) is 5.75 Å². The molecule has 0 fully saturated rings. The Kier molecular flexibility index (Phi) is 4.68. The highest BCUT2D eigenvalue weighted by Gasteiger charge is 2.10. The predicted octanol–water partition coefficient (Wildman–Crippen LogP) is 0.869. The van der Waals surface area contributed by atoms with Gasteiger partial charge in [0.15, 0.2) is 0 Å². The predicted molar refractivity (Wildman–Crippen MR) is 75.2 cm³/mol. The summed E-state index contributed by atoms with van der Waals surface area (Å²) in [6.45, 7) is 0.108. The van der Waals surface area contributed by atoms with E-state index in [1.807, 2.05) is 12.1 Å². The van der Waals surface area contributed by atoms with Crippen molar-refractivity contribution in [2.24, 2.45) is 0 Å². The zero-order valence-electron chi connectivity index (χ0n) is 11.4. The molecule has 21 heavy (non-hydrogen) atoms. The number of nitrogens with zero attached hydrogens (tertiary/aromatic N) is 1. The van der Waals surface area contributed by atoms with E-state index in [0.29, 0.717) is 11.3 Å². The molecule has 1 aromatic heterocycles. The first-order valence-electron chi connectivity index (χ1n) is 6.30. The van der Waals surface area contributed by atoms with Crippen LogP contribution in [0.3, 0.4) is 0 Å². The van der Waals surface area contributed by atoms with Gasteiger partial charge in [0, 0.05) is 18.4 Å². The number of fused-ring (bicyclic) bond motifs is 1. The number of hydrogen-bond donors (Lipinski definition) is 3. The maximum atomic E-state index is 11.9. The Morgan fingerprint density at radius 3 is 2.81 bits per heavy atom. The third kappa shape index (κ3) is 3.46. The first-order valence-corrected chi connectivity index (χ1v) is 6.30. The number of hydroxylamine groups is 1. The van der Waals surface area contributed by atoms with Crippen LogP contribution in [0.15, 0.2) is 30.3 Å². The van der Waals surface area contributed by atoms with E-state index < -0.39 is 11.8 Å². The van der Waals surface area contributed by atoms with Gasteiger partial charge in [0.1, 0.15) is 17.0 Å². The lowest BCUT2D eigenvalue weighted by Crippen LogP contribution is -2.29.